The first-order valence-electron chi connectivity index (χ1n) is 9.53. The van der Waals surface area contributed by atoms with Crippen LogP contribution in [0.1, 0.15) is 26.7 Å². The topological polar surface area (TPSA) is 119 Å². The van der Waals surface area contributed by atoms with Crippen molar-refractivity contribution in [3.8, 4) is 11.5 Å². The molecule has 0 unspecified atom stereocenters. The SMILES string of the molecule is Cc1ccc(-c2noc(C(=O)N3CC(F)(F)C3)n2)nc1NC(=O)c1cnc2ccccn12. The number of nitrogens with zero attached hydrogens (tertiary/aromatic N) is 6. The molecule has 1 aliphatic heterocycles. The Morgan fingerprint density at radius 1 is 1.16 bits per heavy atom. The first kappa shape index (κ1) is 19.7. The first-order chi connectivity index (χ1) is 15.3. The Morgan fingerprint density at radius 3 is 2.75 bits per heavy atom. The summed E-state index contributed by atoms with van der Waals surface area (Å²) < 4.78 is 32.6. The molecule has 10 nitrogen and oxygen atoms in total. The molecule has 5 heterocycles. The summed E-state index contributed by atoms with van der Waals surface area (Å²) in [4.78, 5) is 38.4. The summed E-state index contributed by atoms with van der Waals surface area (Å²) in [5, 5.41) is 6.45. The molecule has 1 fully saturated rings. The number of hydrogen-bond donors (Lipinski definition) is 1. The molecule has 0 bridgehead atoms. The van der Waals surface area contributed by atoms with Crippen molar-refractivity contribution in [2.45, 2.75) is 12.8 Å². The predicted molar refractivity (Wildman–Crippen MR) is 106 cm³/mol. The number of aromatic nitrogens is 5. The summed E-state index contributed by atoms with van der Waals surface area (Å²) in [5.41, 5.74) is 1.87. The van der Waals surface area contributed by atoms with Gasteiger partial charge >= 0.3 is 11.8 Å². The number of imidazole rings is 1. The Kier molecular flexibility index (Phi) is 4.43. The van der Waals surface area contributed by atoms with Gasteiger partial charge in [-0.1, -0.05) is 17.3 Å². The van der Waals surface area contributed by atoms with Crippen LogP contribution in [0.2, 0.25) is 0 Å². The number of carbonyl (C=O) groups is 2. The monoisotopic (exact) mass is 439 g/mol. The van der Waals surface area contributed by atoms with Crippen LogP contribution >= 0.6 is 0 Å². The molecule has 1 saturated heterocycles. The van der Waals surface area contributed by atoms with Gasteiger partial charge in [0.15, 0.2) is 0 Å². The highest BCUT2D eigenvalue weighted by Gasteiger charge is 2.47. The van der Waals surface area contributed by atoms with E-state index in [1.165, 1.54) is 6.20 Å². The highest BCUT2D eigenvalue weighted by Crippen LogP contribution is 2.28. The van der Waals surface area contributed by atoms with Crippen molar-refractivity contribution in [3.63, 3.8) is 0 Å². The molecule has 0 aliphatic carbocycles. The van der Waals surface area contributed by atoms with Gasteiger partial charge in [0.25, 0.3) is 11.8 Å². The number of hydrogen-bond acceptors (Lipinski definition) is 7. The van der Waals surface area contributed by atoms with Crippen molar-refractivity contribution in [2.75, 3.05) is 18.4 Å². The maximum atomic E-state index is 13.0. The summed E-state index contributed by atoms with van der Waals surface area (Å²) >= 11 is 0. The van der Waals surface area contributed by atoms with Crippen molar-refractivity contribution in [1.29, 1.82) is 0 Å². The molecule has 32 heavy (non-hydrogen) atoms. The number of aryl methyl sites for hydroxylation is 1. The fourth-order valence-corrected chi connectivity index (χ4v) is 3.26. The molecule has 0 aromatic carbocycles. The standard InChI is InChI=1S/C20H15F2N7O3/c1-11-5-6-12(16-26-18(32-27-16)19(31)28-9-20(21,22)10-28)24-15(11)25-17(30)13-8-23-14-4-2-3-7-29(13)14/h2-8H,9-10H2,1H3,(H,24,25,30). The van der Waals surface area contributed by atoms with E-state index in [2.05, 4.69) is 25.4 Å². The number of nitrogens with one attached hydrogen (secondary N) is 1. The molecule has 12 heteroatoms. The maximum absolute atomic E-state index is 13.0. The predicted octanol–water partition coefficient (Wildman–Crippen LogP) is 2.43. The van der Waals surface area contributed by atoms with Crippen LogP contribution in [-0.2, 0) is 0 Å². The lowest BCUT2D eigenvalue weighted by Gasteiger charge is -2.37. The fraction of sp³-hybridized carbons (Fsp3) is 0.200. The minimum absolute atomic E-state index is 0.00839. The van der Waals surface area contributed by atoms with Gasteiger partial charge in [-0.3, -0.25) is 14.0 Å². The average Bonchev–Trinajstić information content (AvgIpc) is 3.40. The molecule has 4 aromatic heterocycles. The molecule has 2 amide bonds. The molecule has 5 rings (SSSR count). The lowest BCUT2D eigenvalue weighted by molar-refractivity contribution is -0.114. The number of anilines is 1. The highest BCUT2D eigenvalue weighted by molar-refractivity contribution is 6.03. The largest absolute Gasteiger partial charge is 0.328 e. The number of rotatable bonds is 4. The molecule has 0 spiro atoms. The maximum Gasteiger partial charge on any atom is 0.316 e. The van der Waals surface area contributed by atoms with Crippen LogP contribution in [0.25, 0.3) is 17.2 Å². The molecule has 162 valence electrons. The Balaban J connectivity index is 1.37. The smallest absolute Gasteiger partial charge is 0.316 e. The molecule has 0 saturated carbocycles. The molecule has 4 aromatic rings. The Bertz CT molecular complexity index is 1360. The third-order valence-electron chi connectivity index (χ3n) is 4.95. The van der Waals surface area contributed by atoms with E-state index < -0.39 is 36.7 Å². The lowest BCUT2D eigenvalue weighted by Crippen LogP contribution is -2.58. The van der Waals surface area contributed by atoms with E-state index in [-0.39, 0.29) is 17.3 Å². The van der Waals surface area contributed by atoms with Gasteiger partial charge in [0.05, 0.1) is 19.3 Å². The number of pyridine rings is 2. The van der Waals surface area contributed by atoms with Crippen LogP contribution in [0.3, 0.4) is 0 Å². The third-order valence-corrected chi connectivity index (χ3v) is 4.95. The van der Waals surface area contributed by atoms with Gasteiger partial charge in [-0.25, -0.2) is 18.7 Å². The lowest BCUT2D eigenvalue weighted by atomic mass is 10.1. The zero-order valence-electron chi connectivity index (χ0n) is 16.6. The van der Waals surface area contributed by atoms with Crippen molar-refractivity contribution < 1.29 is 22.9 Å². The van der Waals surface area contributed by atoms with Crippen molar-refractivity contribution >= 4 is 23.3 Å². The summed E-state index contributed by atoms with van der Waals surface area (Å²) in [6.07, 6.45) is 3.18. The van der Waals surface area contributed by atoms with Gasteiger partial charge in [-0.05, 0) is 30.7 Å². The van der Waals surface area contributed by atoms with Crippen LogP contribution in [0, 0.1) is 6.92 Å². The average molecular weight is 439 g/mol. The second-order valence-electron chi connectivity index (χ2n) is 7.33. The van der Waals surface area contributed by atoms with Gasteiger partial charge in [0.2, 0.25) is 5.82 Å². The van der Waals surface area contributed by atoms with Crippen LogP contribution in [0.5, 0.6) is 0 Å². The molecule has 0 atom stereocenters. The number of carbonyl (C=O) groups excluding carboxylic acids is 2. The third kappa shape index (κ3) is 3.45. The van der Waals surface area contributed by atoms with Crippen molar-refractivity contribution in [3.05, 3.63) is 59.9 Å². The highest BCUT2D eigenvalue weighted by atomic mass is 19.3. The zero-order chi connectivity index (χ0) is 22.5. The Labute approximate surface area is 178 Å². The molecule has 1 aliphatic rings. The molecular formula is C20H15F2N7O3. The summed E-state index contributed by atoms with van der Waals surface area (Å²) in [6, 6.07) is 8.66. The summed E-state index contributed by atoms with van der Waals surface area (Å²) in [5.74, 6) is -4.24. The van der Waals surface area contributed by atoms with Crippen LogP contribution in [-0.4, -0.2) is 60.2 Å². The second-order valence-corrected chi connectivity index (χ2v) is 7.33. The van der Waals surface area contributed by atoms with Crippen LogP contribution in [0.15, 0.2) is 47.2 Å². The van der Waals surface area contributed by atoms with E-state index in [9.17, 15) is 18.4 Å². The number of likely N-dealkylation sites (tertiary alicyclic amines) is 1. The van der Waals surface area contributed by atoms with Crippen molar-refractivity contribution in [2.24, 2.45) is 0 Å². The van der Waals surface area contributed by atoms with E-state index >= 15 is 0 Å². The fourth-order valence-electron chi connectivity index (χ4n) is 3.26. The van der Waals surface area contributed by atoms with Gasteiger partial charge in [0.1, 0.15) is 22.9 Å². The van der Waals surface area contributed by atoms with E-state index in [1.807, 2.05) is 6.07 Å². The van der Waals surface area contributed by atoms with Crippen LogP contribution in [0.4, 0.5) is 14.6 Å². The summed E-state index contributed by atoms with van der Waals surface area (Å²) in [7, 11) is 0. The quantitative estimate of drug-likeness (QED) is 0.519. The van der Waals surface area contributed by atoms with Crippen molar-refractivity contribution in [1.82, 2.24) is 29.4 Å². The number of fused-ring (bicyclic) bond motifs is 1. The molecule has 0 radical (unpaired) electrons. The number of alkyl halides is 2. The number of halogens is 2. The van der Waals surface area contributed by atoms with Gasteiger partial charge in [0, 0.05) is 6.20 Å². The minimum atomic E-state index is -2.90. The van der Waals surface area contributed by atoms with Crippen LogP contribution < -0.4 is 5.32 Å². The van der Waals surface area contributed by atoms with E-state index in [1.54, 1.807) is 41.8 Å². The zero-order valence-corrected chi connectivity index (χ0v) is 16.6. The van der Waals surface area contributed by atoms with Gasteiger partial charge < -0.3 is 14.7 Å². The first-order valence-corrected chi connectivity index (χ1v) is 9.53. The van der Waals surface area contributed by atoms with Gasteiger partial charge in [-0.2, -0.15) is 4.98 Å². The molecule has 1 N–H and O–H groups in total. The minimum Gasteiger partial charge on any atom is -0.328 e. The Morgan fingerprint density at radius 2 is 1.97 bits per heavy atom. The van der Waals surface area contributed by atoms with Gasteiger partial charge in [-0.15, -0.1) is 0 Å². The second kappa shape index (κ2) is 7.18. The van der Waals surface area contributed by atoms with E-state index in [0.717, 1.165) is 4.90 Å². The summed E-state index contributed by atoms with van der Waals surface area (Å²) in [6.45, 7) is 0.383. The van der Waals surface area contributed by atoms with E-state index in [4.69, 9.17) is 4.52 Å². The number of amides is 2. The van der Waals surface area contributed by atoms with E-state index in [0.29, 0.717) is 16.9 Å². The normalized spacial score (nSPS) is 14.9. The molecular weight excluding hydrogens is 424 g/mol. The Hall–Kier alpha value is -4.22.